The highest BCUT2D eigenvalue weighted by atomic mass is 16.7. The third kappa shape index (κ3) is 8.15. The van der Waals surface area contributed by atoms with Gasteiger partial charge in [-0.2, -0.15) is 0 Å². The molecular formula is C36H36O19. The van der Waals surface area contributed by atoms with E-state index in [9.17, 15) is 65.8 Å². The van der Waals surface area contributed by atoms with E-state index in [0.29, 0.717) is 11.1 Å². The predicted octanol–water partition coefficient (Wildman–Crippen LogP) is -1.10. The zero-order chi connectivity index (χ0) is 39.7. The molecular weight excluding hydrogens is 736 g/mol. The van der Waals surface area contributed by atoms with E-state index in [4.69, 9.17) is 28.1 Å². The van der Waals surface area contributed by atoms with Gasteiger partial charge in [0, 0.05) is 23.8 Å². The molecule has 19 heteroatoms. The first-order valence-electron chi connectivity index (χ1n) is 16.5. The number of carbonyl (C=O) groups is 1. The molecule has 0 unspecified atom stereocenters. The van der Waals surface area contributed by atoms with Crippen molar-refractivity contribution >= 4 is 23.0 Å². The summed E-state index contributed by atoms with van der Waals surface area (Å²) in [6.07, 6.45) is -16.3. The van der Waals surface area contributed by atoms with Crippen LogP contribution >= 0.6 is 0 Å². The predicted molar refractivity (Wildman–Crippen MR) is 183 cm³/mol. The van der Waals surface area contributed by atoms with Gasteiger partial charge in [-0.3, -0.25) is 4.79 Å². The van der Waals surface area contributed by atoms with Gasteiger partial charge in [0.25, 0.3) is 0 Å². The molecule has 0 aliphatic carbocycles. The van der Waals surface area contributed by atoms with Crippen molar-refractivity contribution in [3.8, 4) is 45.8 Å². The van der Waals surface area contributed by atoms with Gasteiger partial charge in [0.15, 0.2) is 28.4 Å². The van der Waals surface area contributed by atoms with E-state index in [1.54, 1.807) is 0 Å². The lowest BCUT2D eigenvalue weighted by atomic mass is 9.99. The number of fused-ring (bicyclic) bond motifs is 1. The maximum atomic E-state index is 13.4. The van der Waals surface area contributed by atoms with E-state index in [2.05, 4.69) is 0 Å². The zero-order valence-corrected chi connectivity index (χ0v) is 28.2. The van der Waals surface area contributed by atoms with Crippen LogP contribution in [-0.4, -0.2) is 137 Å². The van der Waals surface area contributed by atoms with Crippen LogP contribution in [0.1, 0.15) is 5.56 Å². The monoisotopic (exact) mass is 772 g/mol. The zero-order valence-electron chi connectivity index (χ0n) is 28.2. The number of aliphatic hydroxyl groups is 7. The lowest BCUT2D eigenvalue weighted by Crippen LogP contribution is -2.60. The second-order valence-corrected chi connectivity index (χ2v) is 12.6. The molecule has 11 N–H and O–H groups in total. The average Bonchev–Trinajstić information content (AvgIpc) is 3.16. The van der Waals surface area contributed by atoms with Crippen molar-refractivity contribution in [1.82, 2.24) is 0 Å². The first-order chi connectivity index (χ1) is 26.2. The number of phenolic OH excluding ortho intramolecular Hbond substituents is 4. The summed E-state index contributed by atoms with van der Waals surface area (Å²) in [5.74, 6) is -4.23. The summed E-state index contributed by atoms with van der Waals surface area (Å²) in [7, 11) is 0. The fraction of sp³-hybridized carbons (Fsp3) is 0.333. The number of carbonyl (C=O) groups excluding carboxylic acids is 1. The first-order valence-corrected chi connectivity index (χ1v) is 16.5. The number of rotatable bonds is 10. The Morgan fingerprint density at radius 2 is 1.36 bits per heavy atom. The molecule has 0 bridgehead atoms. The summed E-state index contributed by atoms with van der Waals surface area (Å²) in [6, 6.07) is 11.3. The van der Waals surface area contributed by atoms with Crippen LogP contribution in [-0.2, 0) is 19.0 Å². The van der Waals surface area contributed by atoms with Gasteiger partial charge in [-0.25, -0.2) is 4.79 Å². The summed E-state index contributed by atoms with van der Waals surface area (Å²) in [6.45, 7) is -1.55. The minimum atomic E-state index is -2.03. The smallest absolute Gasteiger partial charge is 0.330 e. The van der Waals surface area contributed by atoms with Gasteiger partial charge in [0.1, 0.15) is 77.9 Å². The Balaban J connectivity index is 1.32. The van der Waals surface area contributed by atoms with Crippen LogP contribution in [0, 0.1) is 0 Å². The van der Waals surface area contributed by atoms with E-state index in [1.807, 2.05) is 0 Å². The van der Waals surface area contributed by atoms with Gasteiger partial charge in [-0.05, 0) is 48.0 Å². The Labute approximate surface area is 308 Å². The molecule has 55 heavy (non-hydrogen) atoms. The summed E-state index contributed by atoms with van der Waals surface area (Å²) >= 11 is 0. The lowest BCUT2D eigenvalue weighted by Gasteiger charge is -2.41. The van der Waals surface area contributed by atoms with Gasteiger partial charge in [-0.15, -0.1) is 0 Å². The Morgan fingerprint density at radius 1 is 0.727 bits per heavy atom. The van der Waals surface area contributed by atoms with Crippen LogP contribution in [0.3, 0.4) is 0 Å². The number of benzene rings is 3. The Kier molecular flexibility index (Phi) is 11.5. The fourth-order valence-electron chi connectivity index (χ4n) is 5.81. The van der Waals surface area contributed by atoms with E-state index in [0.717, 1.165) is 18.2 Å². The molecule has 294 valence electrons. The molecule has 2 aliphatic rings. The lowest BCUT2D eigenvalue weighted by molar-refractivity contribution is -0.283. The number of phenols is 4. The maximum Gasteiger partial charge on any atom is 0.330 e. The molecule has 19 nitrogen and oxygen atoms in total. The van der Waals surface area contributed by atoms with Crippen LogP contribution in [0.2, 0.25) is 0 Å². The first kappa shape index (κ1) is 39.2. The van der Waals surface area contributed by atoms with Gasteiger partial charge >= 0.3 is 5.97 Å². The number of aromatic hydroxyl groups is 4. The third-order valence-electron chi connectivity index (χ3n) is 8.86. The standard InChI is InChI=1S/C36H36O19/c37-12-23-27(43)30(46)33(49)36(53-23)55-34-22(11-21-26(29(34)45)19(41)10-20(51-21)15-3-5-16(38)6-4-15)52-35-32(48)31(47)28(44)24(54-35)13-50-25(42)8-2-14-1-7-17(39)18(40)9-14/h1-11,23-24,27-28,30-33,35-40,43-49H,12-13H2/t23-,24-,27-,28-,30+,31+,32-,33-,35-,36+/m1/s1. The highest BCUT2D eigenvalue weighted by Crippen LogP contribution is 2.45. The van der Waals surface area contributed by atoms with Crippen molar-refractivity contribution in [2.24, 2.45) is 0 Å². The molecule has 0 radical (unpaired) electrons. The molecule has 0 spiro atoms. The van der Waals surface area contributed by atoms with Crippen LogP contribution in [0.25, 0.3) is 28.4 Å². The molecule has 6 rings (SSSR count). The fourth-order valence-corrected chi connectivity index (χ4v) is 5.81. The van der Waals surface area contributed by atoms with Crippen LogP contribution in [0.4, 0.5) is 0 Å². The number of aliphatic hydroxyl groups excluding tert-OH is 7. The van der Waals surface area contributed by atoms with E-state index in [-0.39, 0.29) is 22.8 Å². The number of hydrogen-bond acceptors (Lipinski definition) is 19. The van der Waals surface area contributed by atoms with Crippen molar-refractivity contribution in [3.05, 3.63) is 76.5 Å². The minimum Gasteiger partial charge on any atom is -0.508 e. The number of esters is 1. The van der Waals surface area contributed by atoms with Crippen molar-refractivity contribution in [2.75, 3.05) is 13.2 Å². The summed E-state index contributed by atoms with van der Waals surface area (Å²) in [5.41, 5.74) is -0.511. The molecule has 3 aromatic carbocycles. The van der Waals surface area contributed by atoms with E-state index < -0.39 is 114 Å². The average molecular weight is 773 g/mol. The summed E-state index contributed by atoms with van der Waals surface area (Å²) < 4.78 is 33.6. The molecule has 0 saturated carbocycles. The largest absolute Gasteiger partial charge is 0.508 e. The molecule has 2 fully saturated rings. The number of hydrogen-bond donors (Lipinski definition) is 11. The van der Waals surface area contributed by atoms with Crippen LogP contribution < -0.4 is 14.9 Å². The highest BCUT2D eigenvalue weighted by Gasteiger charge is 2.48. The Morgan fingerprint density at radius 3 is 2.02 bits per heavy atom. The number of ether oxygens (including phenoxy) is 5. The Bertz CT molecular complexity index is 2100. The summed E-state index contributed by atoms with van der Waals surface area (Å²) in [4.78, 5) is 25.8. The van der Waals surface area contributed by atoms with Crippen molar-refractivity contribution in [2.45, 2.75) is 61.4 Å². The molecule has 2 aliphatic heterocycles. The van der Waals surface area contributed by atoms with Crippen molar-refractivity contribution in [1.29, 1.82) is 0 Å². The van der Waals surface area contributed by atoms with Crippen molar-refractivity contribution in [3.63, 3.8) is 0 Å². The molecule has 3 heterocycles. The van der Waals surface area contributed by atoms with Gasteiger partial charge in [0.05, 0.1) is 6.61 Å². The van der Waals surface area contributed by atoms with Gasteiger partial charge in [-0.1, -0.05) is 6.07 Å². The quantitative estimate of drug-likeness (QED) is 0.0518. The van der Waals surface area contributed by atoms with Crippen LogP contribution in [0.15, 0.2) is 69.9 Å². The highest BCUT2D eigenvalue weighted by molar-refractivity contribution is 5.90. The molecule has 10 atom stereocenters. The Hall–Kier alpha value is -5.48. The third-order valence-corrected chi connectivity index (χ3v) is 8.86. The van der Waals surface area contributed by atoms with Crippen LogP contribution in [0.5, 0.6) is 34.5 Å². The minimum absolute atomic E-state index is 0.0314. The topological polar surface area (TPSA) is 316 Å². The SMILES string of the molecule is O=C(C=Cc1ccc(O)c(O)c1)OC[C@H]1O[C@@H](Oc2cc3oc(-c4ccc(O)cc4)cc(=O)c3c(O)c2O[C@@H]2O[C@H](CO)[C@@H](O)[C@H](O)[C@H]2O)[C@H](O)[C@@H](O)[C@@H]1O. The van der Waals surface area contributed by atoms with Gasteiger partial charge in [0.2, 0.25) is 18.3 Å². The van der Waals surface area contributed by atoms with Gasteiger partial charge < -0.3 is 84.3 Å². The second kappa shape index (κ2) is 16.1. The van der Waals surface area contributed by atoms with E-state index in [1.165, 1.54) is 48.5 Å². The van der Waals surface area contributed by atoms with E-state index >= 15 is 0 Å². The molecule has 2 saturated heterocycles. The maximum absolute atomic E-state index is 13.4. The summed E-state index contributed by atoms with van der Waals surface area (Å²) in [5, 5.41) is 113. The molecule has 1 aromatic heterocycles. The second-order valence-electron chi connectivity index (χ2n) is 12.6. The molecule has 0 amide bonds. The normalized spacial score (nSPS) is 28.3. The molecule has 4 aromatic rings. The van der Waals surface area contributed by atoms with Crippen molar-refractivity contribution < 1.29 is 89.1 Å².